The molecule has 0 fully saturated rings. The van der Waals surface area contributed by atoms with Crippen molar-refractivity contribution < 1.29 is 27.6 Å². The van der Waals surface area contributed by atoms with Crippen LogP contribution in [-0.2, 0) is 16.1 Å². The standard InChI is InChI=1S/C26H20ClF2N3O4S/c27-19-13-18(9-10-20(19)29)32(23(33)15-31-25(34)22-4-2-12-37-22)24(21-3-1-11-36-21)26(35)30-14-16-5-7-17(28)8-6-16/h1-13,24H,14-15H2,(H,30,35)(H,31,34)/t24-/m0/s1. The van der Waals surface area contributed by atoms with Crippen molar-refractivity contribution in [3.05, 3.63) is 111 Å². The Morgan fingerprint density at radius 2 is 1.78 bits per heavy atom. The van der Waals surface area contributed by atoms with Crippen molar-refractivity contribution in [3.63, 3.8) is 0 Å². The summed E-state index contributed by atoms with van der Waals surface area (Å²) < 4.78 is 32.7. The lowest BCUT2D eigenvalue weighted by Gasteiger charge is -2.30. The van der Waals surface area contributed by atoms with Gasteiger partial charge in [0.2, 0.25) is 5.91 Å². The van der Waals surface area contributed by atoms with Crippen molar-refractivity contribution in [1.29, 1.82) is 0 Å². The molecule has 0 aliphatic carbocycles. The largest absolute Gasteiger partial charge is 0.467 e. The molecule has 2 aromatic heterocycles. The van der Waals surface area contributed by atoms with Gasteiger partial charge in [-0.2, -0.15) is 0 Å². The Hall–Kier alpha value is -4.02. The smallest absolute Gasteiger partial charge is 0.261 e. The van der Waals surface area contributed by atoms with Crippen LogP contribution in [0.5, 0.6) is 0 Å². The first kappa shape index (κ1) is 26.1. The molecule has 0 bridgehead atoms. The van der Waals surface area contributed by atoms with Crippen molar-refractivity contribution in [1.82, 2.24) is 10.6 Å². The summed E-state index contributed by atoms with van der Waals surface area (Å²) in [6.07, 6.45) is 1.34. The van der Waals surface area contributed by atoms with Gasteiger partial charge in [0.15, 0.2) is 6.04 Å². The minimum atomic E-state index is -1.33. The number of furan rings is 1. The maximum Gasteiger partial charge on any atom is 0.261 e. The number of nitrogens with one attached hydrogen (secondary N) is 2. The second kappa shape index (κ2) is 11.8. The van der Waals surface area contributed by atoms with Crippen molar-refractivity contribution >= 4 is 46.3 Å². The molecule has 4 rings (SSSR count). The predicted octanol–water partition coefficient (Wildman–Crippen LogP) is 5.09. The van der Waals surface area contributed by atoms with Gasteiger partial charge in [0.1, 0.15) is 17.4 Å². The van der Waals surface area contributed by atoms with Crippen LogP contribution in [0.4, 0.5) is 14.5 Å². The maximum absolute atomic E-state index is 13.9. The third-order valence-electron chi connectivity index (χ3n) is 5.29. The molecule has 2 N–H and O–H groups in total. The van der Waals surface area contributed by atoms with Crippen molar-refractivity contribution in [3.8, 4) is 0 Å². The van der Waals surface area contributed by atoms with E-state index in [0.717, 1.165) is 11.0 Å². The van der Waals surface area contributed by atoms with Crippen LogP contribution < -0.4 is 15.5 Å². The number of carbonyl (C=O) groups is 3. The maximum atomic E-state index is 13.9. The molecule has 0 saturated heterocycles. The molecular formula is C26H20ClF2N3O4S. The van der Waals surface area contributed by atoms with Gasteiger partial charge >= 0.3 is 0 Å². The monoisotopic (exact) mass is 543 g/mol. The fraction of sp³-hybridized carbons (Fsp3) is 0.115. The molecular weight excluding hydrogens is 524 g/mol. The number of halogens is 3. The number of nitrogens with zero attached hydrogens (tertiary/aromatic N) is 1. The number of anilines is 1. The van der Waals surface area contributed by atoms with Crippen molar-refractivity contribution in [2.75, 3.05) is 11.4 Å². The lowest BCUT2D eigenvalue weighted by molar-refractivity contribution is -0.126. The summed E-state index contributed by atoms with van der Waals surface area (Å²) in [6.45, 7) is -0.425. The highest BCUT2D eigenvalue weighted by Gasteiger charge is 2.35. The highest BCUT2D eigenvalue weighted by molar-refractivity contribution is 7.12. The van der Waals surface area contributed by atoms with Crippen LogP contribution in [0.1, 0.15) is 27.0 Å². The van der Waals surface area contributed by atoms with Crippen LogP contribution in [0, 0.1) is 11.6 Å². The second-order valence-corrected chi connectivity index (χ2v) is 9.14. The Bertz CT molecular complexity index is 1380. The quantitative estimate of drug-likeness (QED) is 0.307. The first-order valence-corrected chi connectivity index (χ1v) is 12.2. The van der Waals surface area contributed by atoms with Gasteiger partial charge in [-0.05, 0) is 59.5 Å². The Kier molecular flexibility index (Phi) is 8.32. The first-order valence-electron chi connectivity index (χ1n) is 11.0. The summed E-state index contributed by atoms with van der Waals surface area (Å²) in [6, 6.07) is 14.2. The summed E-state index contributed by atoms with van der Waals surface area (Å²) in [4.78, 5) is 40.8. The van der Waals surface area contributed by atoms with Gasteiger partial charge in [-0.15, -0.1) is 11.3 Å². The van der Waals surface area contributed by atoms with Crippen molar-refractivity contribution in [2.45, 2.75) is 12.6 Å². The van der Waals surface area contributed by atoms with Gasteiger partial charge in [-0.25, -0.2) is 8.78 Å². The zero-order chi connectivity index (χ0) is 26.4. The lowest BCUT2D eigenvalue weighted by Crippen LogP contribution is -2.47. The van der Waals surface area contributed by atoms with Gasteiger partial charge < -0.3 is 15.1 Å². The minimum absolute atomic E-state index is 0.0393. The molecule has 0 aliphatic heterocycles. The van der Waals surface area contributed by atoms with Gasteiger partial charge in [-0.3, -0.25) is 19.3 Å². The Morgan fingerprint density at radius 1 is 1.00 bits per heavy atom. The minimum Gasteiger partial charge on any atom is -0.467 e. The first-order chi connectivity index (χ1) is 17.8. The summed E-state index contributed by atoms with van der Waals surface area (Å²) in [5.74, 6) is -2.77. The molecule has 7 nitrogen and oxygen atoms in total. The number of carbonyl (C=O) groups excluding carboxylic acids is 3. The molecule has 2 aromatic carbocycles. The lowest BCUT2D eigenvalue weighted by atomic mass is 10.1. The number of hydrogen-bond acceptors (Lipinski definition) is 5. The van der Waals surface area contributed by atoms with Crippen molar-refractivity contribution in [2.24, 2.45) is 0 Å². The molecule has 1 atom stereocenters. The SMILES string of the molecule is O=C(NCC(=O)N(c1ccc(F)c(Cl)c1)[C@H](C(=O)NCc1ccc(F)cc1)c1ccco1)c1cccs1. The summed E-state index contributed by atoms with van der Waals surface area (Å²) in [5, 5.41) is 6.72. The van der Waals surface area contributed by atoms with E-state index in [9.17, 15) is 23.2 Å². The number of benzene rings is 2. The number of thiophene rings is 1. The zero-order valence-electron chi connectivity index (χ0n) is 19.1. The Morgan fingerprint density at radius 3 is 2.43 bits per heavy atom. The summed E-state index contributed by atoms with van der Waals surface area (Å²) in [5.41, 5.74) is 0.735. The molecule has 3 amide bonds. The van der Waals surface area contributed by atoms with E-state index in [1.54, 1.807) is 23.6 Å². The van der Waals surface area contributed by atoms with Crippen LogP contribution >= 0.6 is 22.9 Å². The number of amides is 3. The van der Waals surface area contributed by atoms with E-state index in [-0.39, 0.29) is 23.0 Å². The molecule has 0 saturated carbocycles. The van der Waals surface area contributed by atoms with E-state index < -0.39 is 41.9 Å². The van der Waals surface area contributed by atoms with E-state index in [4.69, 9.17) is 16.0 Å². The Labute approximate surface area is 219 Å². The molecule has 37 heavy (non-hydrogen) atoms. The van der Waals surface area contributed by atoms with E-state index in [2.05, 4.69) is 10.6 Å². The molecule has 11 heteroatoms. The highest BCUT2D eigenvalue weighted by atomic mass is 35.5. The van der Waals surface area contributed by atoms with Gasteiger partial charge in [0, 0.05) is 12.2 Å². The molecule has 0 unspecified atom stereocenters. The van der Waals surface area contributed by atoms with Crippen LogP contribution in [0.25, 0.3) is 0 Å². The predicted molar refractivity (Wildman–Crippen MR) is 135 cm³/mol. The average molecular weight is 544 g/mol. The third kappa shape index (κ3) is 6.41. The van der Waals surface area contributed by atoms with Crippen LogP contribution in [0.3, 0.4) is 0 Å². The van der Waals surface area contributed by atoms with Gasteiger partial charge in [0.25, 0.3) is 11.8 Å². The van der Waals surface area contributed by atoms with Gasteiger partial charge in [0.05, 0.1) is 22.7 Å². The summed E-state index contributed by atoms with van der Waals surface area (Å²) in [7, 11) is 0. The van der Waals surface area contributed by atoms with Crippen LogP contribution in [0.15, 0.2) is 82.8 Å². The molecule has 0 aliphatic rings. The van der Waals surface area contributed by atoms with E-state index in [1.807, 2.05) is 0 Å². The highest BCUT2D eigenvalue weighted by Crippen LogP contribution is 2.31. The molecule has 4 aromatic rings. The average Bonchev–Trinajstić information content (AvgIpc) is 3.62. The molecule has 0 radical (unpaired) electrons. The number of hydrogen-bond donors (Lipinski definition) is 2. The van der Waals surface area contributed by atoms with E-state index in [0.29, 0.717) is 10.4 Å². The van der Waals surface area contributed by atoms with Crippen LogP contribution in [-0.4, -0.2) is 24.3 Å². The summed E-state index contributed by atoms with van der Waals surface area (Å²) >= 11 is 7.19. The second-order valence-electron chi connectivity index (χ2n) is 7.78. The van der Waals surface area contributed by atoms with Gasteiger partial charge in [-0.1, -0.05) is 29.8 Å². The number of rotatable bonds is 9. The van der Waals surface area contributed by atoms with Crippen LogP contribution in [0.2, 0.25) is 5.02 Å². The fourth-order valence-corrected chi connectivity index (χ4v) is 4.33. The normalized spacial score (nSPS) is 11.5. The third-order valence-corrected chi connectivity index (χ3v) is 6.45. The molecule has 190 valence electrons. The molecule has 0 spiro atoms. The zero-order valence-corrected chi connectivity index (χ0v) is 20.7. The van der Waals surface area contributed by atoms with E-state index >= 15 is 0 Å². The Balaban J connectivity index is 1.64. The molecule has 2 heterocycles. The van der Waals surface area contributed by atoms with E-state index in [1.165, 1.54) is 60.1 Å². The fourth-order valence-electron chi connectivity index (χ4n) is 3.52. The topological polar surface area (TPSA) is 91.7 Å².